The van der Waals surface area contributed by atoms with Gasteiger partial charge in [-0.15, -0.1) is 11.3 Å². The fourth-order valence-electron chi connectivity index (χ4n) is 2.72. The van der Waals surface area contributed by atoms with Gasteiger partial charge in [-0.05, 0) is 39.3 Å². The maximum atomic E-state index is 5.96. The summed E-state index contributed by atoms with van der Waals surface area (Å²) < 4.78 is 11.1. The number of methoxy groups -OCH3 is 1. The van der Waals surface area contributed by atoms with Crippen molar-refractivity contribution < 1.29 is 9.47 Å². The molecule has 0 saturated heterocycles. The average molecular weight is 405 g/mol. The van der Waals surface area contributed by atoms with Gasteiger partial charge in [0.25, 0.3) is 0 Å². The molecule has 6 nitrogen and oxygen atoms in total. The Kier molecular flexibility index (Phi) is 9.23. The van der Waals surface area contributed by atoms with Crippen molar-refractivity contribution in [3.05, 3.63) is 44.9 Å². The van der Waals surface area contributed by atoms with Gasteiger partial charge in [0.05, 0.1) is 30.4 Å². The van der Waals surface area contributed by atoms with E-state index in [1.165, 1.54) is 10.4 Å². The molecule has 0 bridgehead atoms. The SMILES string of the molecule is CCNC(=NCc1ccc(C)cc1OCCCOC)NCc1sc(C)nc1C. The first-order valence-electron chi connectivity index (χ1n) is 9.69. The highest BCUT2D eigenvalue weighted by Gasteiger charge is 2.08. The first-order valence-corrected chi connectivity index (χ1v) is 10.5. The molecule has 1 aromatic carbocycles. The Morgan fingerprint density at radius 1 is 1.18 bits per heavy atom. The molecule has 0 saturated carbocycles. The molecular weight excluding hydrogens is 372 g/mol. The summed E-state index contributed by atoms with van der Waals surface area (Å²) in [5.41, 5.74) is 3.33. The smallest absolute Gasteiger partial charge is 0.191 e. The van der Waals surface area contributed by atoms with Crippen molar-refractivity contribution in [3.8, 4) is 5.75 Å². The molecule has 2 N–H and O–H groups in total. The molecule has 0 fully saturated rings. The van der Waals surface area contributed by atoms with Gasteiger partial charge in [0.15, 0.2) is 5.96 Å². The minimum atomic E-state index is 0.552. The summed E-state index contributed by atoms with van der Waals surface area (Å²) in [5, 5.41) is 7.80. The number of rotatable bonds is 10. The molecule has 2 aromatic rings. The van der Waals surface area contributed by atoms with Crippen molar-refractivity contribution in [2.45, 2.75) is 47.2 Å². The van der Waals surface area contributed by atoms with Crippen LogP contribution in [0.25, 0.3) is 0 Å². The number of aryl methyl sites for hydroxylation is 3. The second-order valence-electron chi connectivity index (χ2n) is 6.60. The van der Waals surface area contributed by atoms with E-state index in [0.29, 0.717) is 19.8 Å². The van der Waals surface area contributed by atoms with Crippen molar-refractivity contribution >= 4 is 17.3 Å². The summed E-state index contributed by atoms with van der Waals surface area (Å²) >= 11 is 1.72. The highest BCUT2D eigenvalue weighted by Crippen LogP contribution is 2.22. The van der Waals surface area contributed by atoms with Crippen LogP contribution in [0.2, 0.25) is 0 Å². The number of ether oxygens (including phenoxy) is 2. The summed E-state index contributed by atoms with van der Waals surface area (Å²) in [6.07, 6.45) is 0.866. The van der Waals surface area contributed by atoms with Crippen molar-refractivity contribution in [1.29, 1.82) is 0 Å². The van der Waals surface area contributed by atoms with Crippen LogP contribution in [0.3, 0.4) is 0 Å². The number of nitrogens with one attached hydrogen (secondary N) is 2. The monoisotopic (exact) mass is 404 g/mol. The van der Waals surface area contributed by atoms with Crippen LogP contribution in [0.5, 0.6) is 5.75 Å². The van der Waals surface area contributed by atoms with Gasteiger partial charge in [0, 0.05) is 37.1 Å². The van der Waals surface area contributed by atoms with Crippen molar-refractivity contribution in [2.75, 3.05) is 26.9 Å². The highest BCUT2D eigenvalue weighted by atomic mass is 32.1. The lowest BCUT2D eigenvalue weighted by Crippen LogP contribution is -2.36. The molecule has 0 aliphatic rings. The maximum absolute atomic E-state index is 5.96. The van der Waals surface area contributed by atoms with E-state index in [9.17, 15) is 0 Å². The number of aliphatic imine (C=N–C) groups is 1. The van der Waals surface area contributed by atoms with Gasteiger partial charge in [-0.25, -0.2) is 9.98 Å². The Morgan fingerprint density at radius 3 is 2.68 bits per heavy atom. The lowest BCUT2D eigenvalue weighted by molar-refractivity contribution is 0.172. The third-order valence-electron chi connectivity index (χ3n) is 4.14. The van der Waals surface area contributed by atoms with Crippen LogP contribution < -0.4 is 15.4 Å². The largest absolute Gasteiger partial charge is 0.493 e. The fourth-order valence-corrected chi connectivity index (χ4v) is 3.60. The number of guanidine groups is 1. The Hall–Kier alpha value is -2.12. The zero-order valence-corrected chi connectivity index (χ0v) is 18.4. The molecular formula is C21H32N4O2S. The second kappa shape index (κ2) is 11.7. The van der Waals surface area contributed by atoms with Gasteiger partial charge < -0.3 is 20.1 Å². The van der Waals surface area contributed by atoms with Crippen LogP contribution in [0.1, 0.15) is 40.1 Å². The zero-order chi connectivity index (χ0) is 20.4. The van der Waals surface area contributed by atoms with E-state index in [1.54, 1.807) is 18.4 Å². The second-order valence-corrected chi connectivity index (χ2v) is 7.88. The number of nitrogens with zero attached hydrogens (tertiary/aromatic N) is 2. The molecule has 2 rings (SSSR count). The van der Waals surface area contributed by atoms with Crippen LogP contribution in [0.15, 0.2) is 23.2 Å². The topological polar surface area (TPSA) is 67.8 Å². The lowest BCUT2D eigenvalue weighted by Gasteiger charge is -2.13. The number of aromatic nitrogens is 1. The predicted molar refractivity (Wildman–Crippen MR) is 116 cm³/mol. The molecule has 1 heterocycles. The van der Waals surface area contributed by atoms with Gasteiger partial charge in [0.2, 0.25) is 0 Å². The third-order valence-corrected chi connectivity index (χ3v) is 5.21. The van der Waals surface area contributed by atoms with Crippen LogP contribution in [0, 0.1) is 20.8 Å². The molecule has 0 spiro atoms. The quantitative estimate of drug-likeness (QED) is 0.359. The van der Waals surface area contributed by atoms with E-state index >= 15 is 0 Å². The summed E-state index contributed by atoms with van der Waals surface area (Å²) in [5.74, 6) is 1.68. The molecule has 154 valence electrons. The number of thiazole rings is 1. The average Bonchev–Trinajstić information content (AvgIpc) is 2.99. The number of benzene rings is 1. The lowest BCUT2D eigenvalue weighted by atomic mass is 10.1. The molecule has 0 unspecified atom stereocenters. The molecule has 7 heteroatoms. The summed E-state index contributed by atoms with van der Waals surface area (Å²) in [4.78, 5) is 10.5. The van der Waals surface area contributed by atoms with E-state index < -0.39 is 0 Å². The van der Waals surface area contributed by atoms with Crippen molar-refractivity contribution in [2.24, 2.45) is 4.99 Å². The minimum Gasteiger partial charge on any atom is -0.493 e. The van der Waals surface area contributed by atoms with E-state index in [-0.39, 0.29) is 0 Å². The predicted octanol–water partition coefficient (Wildman–Crippen LogP) is 3.74. The first-order chi connectivity index (χ1) is 13.5. The first kappa shape index (κ1) is 22.2. The number of hydrogen-bond donors (Lipinski definition) is 2. The summed E-state index contributed by atoms with van der Waals surface area (Å²) in [6, 6.07) is 6.25. The molecule has 0 atom stereocenters. The van der Waals surface area contributed by atoms with Gasteiger partial charge >= 0.3 is 0 Å². The van der Waals surface area contributed by atoms with Crippen molar-refractivity contribution in [3.63, 3.8) is 0 Å². The minimum absolute atomic E-state index is 0.552. The fraction of sp³-hybridized carbons (Fsp3) is 0.524. The zero-order valence-electron chi connectivity index (χ0n) is 17.6. The Bertz CT molecular complexity index is 774. The van der Waals surface area contributed by atoms with E-state index in [4.69, 9.17) is 14.5 Å². The summed E-state index contributed by atoms with van der Waals surface area (Å²) in [6.45, 7) is 11.6. The molecule has 1 aromatic heterocycles. The Morgan fingerprint density at radius 2 is 2.00 bits per heavy atom. The molecule has 28 heavy (non-hydrogen) atoms. The molecule has 0 aliphatic heterocycles. The third kappa shape index (κ3) is 7.13. The van der Waals surface area contributed by atoms with E-state index in [0.717, 1.165) is 47.5 Å². The standard InChI is InChI=1S/C21H32N4O2S/c1-6-22-21(24-14-20-16(3)25-17(4)28-20)23-13-18-9-8-15(2)12-19(18)27-11-7-10-26-5/h8-9,12H,6-7,10-11,13-14H2,1-5H3,(H2,22,23,24). The van der Waals surface area contributed by atoms with Gasteiger partial charge in [-0.3, -0.25) is 0 Å². The van der Waals surface area contributed by atoms with Gasteiger partial charge in [-0.2, -0.15) is 0 Å². The molecule has 0 amide bonds. The number of hydrogen-bond acceptors (Lipinski definition) is 5. The van der Waals surface area contributed by atoms with Crippen LogP contribution in [0.4, 0.5) is 0 Å². The van der Waals surface area contributed by atoms with Crippen molar-refractivity contribution in [1.82, 2.24) is 15.6 Å². The van der Waals surface area contributed by atoms with Gasteiger partial charge in [0.1, 0.15) is 5.75 Å². The van der Waals surface area contributed by atoms with Crippen LogP contribution >= 0.6 is 11.3 Å². The Balaban J connectivity index is 2.03. The Labute approximate surface area is 172 Å². The normalized spacial score (nSPS) is 11.5. The highest BCUT2D eigenvalue weighted by molar-refractivity contribution is 7.11. The van der Waals surface area contributed by atoms with E-state index in [1.807, 2.05) is 13.8 Å². The van der Waals surface area contributed by atoms with Crippen LogP contribution in [-0.4, -0.2) is 37.8 Å². The van der Waals surface area contributed by atoms with Crippen LogP contribution in [-0.2, 0) is 17.8 Å². The van der Waals surface area contributed by atoms with Gasteiger partial charge in [-0.1, -0.05) is 12.1 Å². The molecule has 0 radical (unpaired) electrons. The maximum Gasteiger partial charge on any atom is 0.191 e. The summed E-state index contributed by atoms with van der Waals surface area (Å²) in [7, 11) is 1.71. The van der Waals surface area contributed by atoms with E-state index in [2.05, 4.69) is 47.7 Å². The molecule has 0 aliphatic carbocycles.